The third-order valence-electron chi connectivity index (χ3n) is 1.81. The molecule has 0 rings (SSSR count). The van der Waals surface area contributed by atoms with Crippen LogP contribution in [0.15, 0.2) is 0 Å². The molecule has 0 spiro atoms. The molecule has 0 aliphatic rings. The fourth-order valence-electron chi connectivity index (χ4n) is 0.799. The normalized spacial score (nSPS) is 14.9. The van der Waals surface area contributed by atoms with E-state index in [0.717, 1.165) is 14.0 Å². The molecule has 0 saturated carbocycles. The van der Waals surface area contributed by atoms with Crippen LogP contribution in [0.2, 0.25) is 0 Å². The zero-order valence-electron chi connectivity index (χ0n) is 9.21. The summed E-state index contributed by atoms with van der Waals surface area (Å²) in [5, 5.41) is 19.6. The summed E-state index contributed by atoms with van der Waals surface area (Å²) < 4.78 is 35.7. The number of hydrogen-bond donors (Lipinski definition) is 3. The van der Waals surface area contributed by atoms with Gasteiger partial charge in [-0.15, -0.1) is 0 Å². The molecule has 1 unspecified atom stereocenters. The second-order valence-corrected chi connectivity index (χ2v) is 3.71. The van der Waals surface area contributed by atoms with Crippen LogP contribution in [-0.2, 0) is 4.79 Å². The fraction of sp³-hybridized carbons (Fsp3) is 0.750. The number of carbonyl (C=O) groups is 2. The van der Waals surface area contributed by atoms with Crippen LogP contribution in [0.1, 0.15) is 6.92 Å². The van der Waals surface area contributed by atoms with Gasteiger partial charge >= 0.3 is 18.2 Å². The highest BCUT2D eigenvalue weighted by molar-refractivity contribution is 5.79. The second-order valence-electron chi connectivity index (χ2n) is 3.71. The Bertz CT molecular complexity index is 304. The van der Waals surface area contributed by atoms with Crippen LogP contribution in [-0.4, -0.2) is 59.0 Å². The van der Waals surface area contributed by atoms with Gasteiger partial charge in [-0.25, -0.2) is 9.59 Å². The van der Waals surface area contributed by atoms with Gasteiger partial charge in [-0.1, -0.05) is 0 Å². The standard InChI is InChI=1S/C8H13F3N2O4/c1-7(17,5(14)15)3-12-6(16)13(2)4-8(9,10)11/h17H,3-4H2,1-2H3,(H,12,16)(H,14,15). The number of aliphatic carboxylic acids is 1. The number of urea groups is 1. The van der Waals surface area contributed by atoms with Crippen LogP contribution in [0.25, 0.3) is 0 Å². The Morgan fingerprint density at radius 3 is 2.18 bits per heavy atom. The predicted octanol–water partition coefficient (Wildman–Crippen LogP) is 0.0257. The largest absolute Gasteiger partial charge is 0.479 e. The first-order valence-electron chi connectivity index (χ1n) is 4.47. The van der Waals surface area contributed by atoms with Crippen molar-refractivity contribution >= 4 is 12.0 Å². The zero-order chi connectivity index (χ0) is 13.9. The Hall–Kier alpha value is -1.51. The van der Waals surface area contributed by atoms with Gasteiger partial charge in [0.15, 0.2) is 5.60 Å². The van der Waals surface area contributed by atoms with Crippen LogP contribution >= 0.6 is 0 Å². The van der Waals surface area contributed by atoms with E-state index in [1.807, 2.05) is 5.32 Å². The summed E-state index contributed by atoms with van der Waals surface area (Å²) in [4.78, 5) is 21.9. The third-order valence-corrected chi connectivity index (χ3v) is 1.81. The quantitative estimate of drug-likeness (QED) is 0.663. The monoisotopic (exact) mass is 258 g/mol. The lowest BCUT2D eigenvalue weighted by Gasteiger charge is -2.23. The molecule has 0 aliphatic heterocycles. The molecule has 3 N–H and O–H groups in total. The minimum Gasteiger partial charge on any atom is -0.479 e. The number of carboxylic acids is 1. The summed E-state index contributed by atoms with van der Waals surface area (Å²) in [5.41, 5.74) is -2.23. The minimum absolute atomic E-state index is 0.331. The molecule has 0 saturated heterocycles. The smallest absolute Gasteiger partial charge is 0.406 e. The summed E-state index contributed by atoms with van der Waals surface area (Å²) in [6, 6.07) is -1.12. The molecule has 9 heteroatoms. The summed E-state index contributed by atoms with van der Waals surface area (Å²) in [7, 11) is 0.901. The van der Waals surface area contributed by atoms with Gasteiger partial charge in [-0.2, -0.15) is 13.2 Å². The highest BCUT2D eigenvalue weighted by Crippen LogP contribution is 2.15. The van der Waals surface area contributed by atoms with E-state index in [-0.39, 0.29) is 0 Å². The zero-order valence-corrected chi connectivity index (χ0v) is 9.21. The third kappa shape index (κ3) is 5.95. The Labute approximate surface area is 95.0 Å². The van der Waals surface area contributed by atoms with E-state index in [0.29, 0.717) is 4.90 Å². The van der Waals surface area contributed by atoms with Crippen LogP contribution in [0.5, 0.6) is 0 Å². The fourth-order valence-corrected chi connectivity index (χ4v) is 0.799. The molecular formula is C8H13F3N2O4. The summed E-state index contributed by atoms with van der Waals surface area (Å²) in [6.45, 7) is -1.24. The van der Waals surface area contributed by atoms with E-state index in [9.17, 15) is 27.9 Å². The number of aliphatic hydroxyl groups is 1. The predicted molar refractivity (Wildman–Crippen MR) is 50.3 cm³/mol. The van der Waals surface area contributed by atoms with E-state index in [4.69, 9.17) is 5.11 Å². The lowest BCUT2D eigenvalue weighted by atomic mass is 10.1. The lowest BCUT2D eigenvalue weighted by molar-refractivity contribution is -0.156. The van der Waals surface area contributed by atoms with Crippen molar-refractivity contribution in [1.82, 2.24) is 10.2 Å². The van der Waals surface area contributed by atoms with Crippen molar-refractivity contribution < 1.29 is 33.0 Å². The van der Waals surface area contributed by atoms with Crippen molar-refractivity contribution in [3.63, 3.8) is 0 Å². The van der Waals surface area contributed by atoms with Gasteiger partial charge in [-0.05, 0) is 6.92 Å². The highest BCUT2D eigenvalue weighted by Gasteiger charge is 2.33. The number of hydrogen-bond acceptors (Lipinski definition) is 3. The Balaban J connectivity index is 4.24. The van der Waals surface area contributed by atoms with E-state index in [1.165, 1.54) is 0 Å². The molecule has 6 nitrogen and oxygen atoms in total. The molecule has 100 valence electrons. The molecule has 0 radical (unpaired) electrons. The number of nitrogens with zero attached hydrogens (tertiary/aromatic N) is 1. The maximum atomic E-state index is 11.9. The van der Waals surface area contributed by atoms with Gasteiger partial charge in [0.05, 0.1) is 6.54 Å². The van der Waals surface area contributed by atoms with Gasteiger partial charge in [0, 0.05) is 7.05 Å². The van der Waals surface area contributed by atoms with E-state index < -0.39 is 36.9 Å². The van der Waals surface area contributed by atoms with Crippen molar-refractivity contribution in [3.8, 4) is 0 Å². The van der Waals surface area contributed by atoms with E-state index in [1.54, 1.807) is 0 Å². The number of alkyl halides is 3. The molecular weight excluding hydrogens is 245 g/mol. The van der Waals surface area contributed by atoms with Crippen LogP contribution in [0, 0.1) is 0 Å². The molecule has 0 heterocycles. The van der Waals surface area contributed by atoms with Crippen molar-refractivity contribution in [2.24, 2.45) is 0 Å². The Kier molecular flexibility index (Phi) is 4.75. The first-order valence-corrected chi connectivity index (χ1v) is 4.47. The molecule has 0 fully saturated rings. The molecule has 2 amide bonds. The Morgan fingerprint density at radius 1 is 1.35 bits per heavy atom. The van der Waals surface area contributed by atoms with Crippen LogP contribution in [0.4, 0.5) is 18.0 Å². The average molecular weight is 258 g/mol. The van der Waals surface area contributed by atoms with Crippen LogP contribution < -0.4 is 5.32 Å². The average Bonchev–Trinajstić information content (AvgIpc) is 2.11. The summed E-state index contributed by atoms with van der Waals surface area (Å²) in [6.07, 6.45) is -4.54. The number of nitrogens with one attached hydrogen (secondary N) is 1. The molecule has 0 aromatic carbocycles. The van der Waals surface area contributed by atoms with Crippen LogP contribution in [0.3, 0.4) is 0 Å². The summed E-state index contributed by atoms with van der Waals surface area (Å²) in [5.74, 6) is -1.59. The van der Waals surface area contributed by atoms with E-state index in [2.05, 4.69) is 0 Å². The summed E-state index contributed by atoms with van der Waals surface area (Å²) >= 11 is 0. The molecule has 0 bridgehead atoms. The van der Waals surface area contributed by atoms with Gasteiger partial charge in [0.1, 0.15) is 6.54 Å². The maximum absolute atomic E-state index is 11.9. The molecule has 0 aliphatic carbocycles. The first kappa shape index (κ1) is 15.5. The molecule has 17 heavy (non-hydrogen) atoms. The minimum atomic E-state index is -4.54. The van der Waals surface area contributed by atoms with E-state index >= 15 is 0 Å². The van der Waals surface area contributed by atoms with Gasteiger partial charge in [0.2, 0.25) is 0 Å². The number of halogens is 3. The highest BCUT2D eigenvalue weighted by atomic mass is 19.4. The number of amides is 2. The van der Waals surface area contributed by atoms with Crippen molar-refractivity contribution in [3.05, 3.63) is 0 Å². The lowest BCUT2D eigenvalue weighted by Crippen LogP contribution is -2.50. The molecule has 0 aromatic rings. The Morgan fingerprint density at radius 2 is 1.82 bits per heavy atom. The number of carboxylic acid groups (broad SMARTS) is 1. The second kappa shape index (κ2) is 5.21. The van der Waals surface area contributed by atoms with Crippen molar-refractivity contribution in [1.29, 1.82) is 0 Å². The first-order chi connectivity index (χ1) is 7.46. The maximum Gasteiger partial charge on any atom is 0.406 e. The number of rotatable bonds is 4. The SMILES string of the molecule is CN(CC(F)(F)F)C(=O)NCC(C)(O)C(=O)O. The van der Waals surface area contributed by atoms with Gasteiger partial charge < -0.3 is 20.4 Å². The topological polar surface area (TPSA) is 89.9 Å². The van der Waals surface area contributed by atoms with Crippen molar-refractivity contribution in [2.45, 2.75) is 18.7 Å². The van der Waals surface area contributed by atoms with Crippen molar-refractivity contribution in [2.75, 3.05) is 20.1 Å². The van der Waals surface area contributed by atoms with Gasteiger partial charge in [-0.3, -0.25) is 0 Å². The number of carbonyl (C=O) groups excluding carboxylic acids is 1. The molecule has 0 aromatic heterocycles. The molecule has 1 atom stereocenters. The van der Waals surface area contributed by atoms with Gasteiger partial charge in [0.25, 0.3) is 0 Å².